The van der Waals surface area contributed by atoms with Crippen molar-refractivity contribution in [2.24, 2.45) is 33.3 Å². The van der Waals surface area contributed by atoms with Crippen molar-refractivity contribution in [3.8, 4) is 0 Å². The van der Waals surface area contributed by atoms with Gasteiger partial charge in [0, 0.05) is 51.3 Å². The third-order valence-corrected chi connectivity index (χ3v) is 5.60. The number of nitrogens with two attached hydrogens (primary N) is 1. The van der Waals surface area contributed by atoms with Crippen LogP contribution < -0.4 is 27.6 Å². The molecule has 0 aliphatic rings. The average Bonchev–Trinajstić information content (AvgIpc) is 2.56. The Morgan fingerprint density at radius 2 is 1.07 bits per heavy atom. The Bertz CT molecular complexity index is 1270. The average molecular weight is 458 g/mol. The first kappa shape index (κ1) is 23.5. The molecule has 0 aliphatic carbocycles. The Labute approximate surface area is 162 Å². The largest absolute Gasteiger partial charge is 0.330 e. The van der Waals surface area contributed by atoms with Gasteiger partial charge in [0.15, 0.2) is 9.79 Å². The van der Waals surface area contributed by atoms with Crippen LogP contribution in [0.2, 0.25) is 0 Å². The summed E-state index contributed by atoms with van der Waals surface area (Å²) in [5.41, 5.74) is -3.07. The maximum absolute atomic E-state index is 11.3. The maximum atomic E-state index is 11.3. The summed E-state index contributed by atoms with van der Waals surface area (Å²) in [6, 6.07) is 0. The van der Waals surface area contributed by atoms with Gasteiger partial charge in [-0.05, 0) is 0 Å². The fourth-order valence-electron chi connectivity index (χ4n) is 1.91. The molecule has 0 bridgehead atoms. The second kappa shape index (κ2) is 7.86. The molecule has 0 saturated heterocycles. The minimum Gasteiger partial charge on any atom is -0.302 e. The van der Waals surface area contributed by atoms with Gasteiger partial charge in [0.2, 0.25) is 10.0 Å². The lowest BCUT2D eigenvalue weighted by Crippen LogP contribution is -2.40. The molecule has 2 rings (SSSR count). The van der Waals surface area contributed by atoms with Gasteiger partial charge in [-0.3, -0.25) is 18.7 Å². The van der Waals surface area contributed by atoms with E-state index in [1.165, 1.54) is 28.2 Å². The molecule has 0 spiro atoms. The molecule has 2 aromatic heterocycles. The zero-order valence-corrected chi connectivity index (χ0v) is 17.4. The van der Waals surface area contributed by atoms with E-state index in [1.54, 1.807) is 0 Å². The first-order chi connectivity index (χ1) is 12.5. The van der Waals surface area contributed by atoms with Crippen LogP contribution in [0, 0.1) is 0 Å². The molecule has 156 valence electrons. The molecule has 13 nitrogen and oxygen atoms in total. The number of hydrogen-bond donors (Lipinski definition) is 1. The highest BCUT2D eigenvalue weighted by molar-refractivity contribution is 8.13. The molecule has 2 aromatic rings. The number of aromatic nitrogens is 4. The smallest absolute Gasteiger partial charge is 0.302 e. The highest BCUT2D eigenvalue weighted by Gasteiger charge is 2.18. The van der Waals surface area contributed by atoms with Crippen LogP contribution in [0.3, 0.4) is 0 Å². The quantitative estimate of drug-likeness (QED) is 0.455. The summed E-state index contributed by atoms with van der Waals surface area (Å²) >= 11 is 0. The Morgan fingerprint density at radius 1 is 0.750 bits per heavy atom. The first-order valence-electron chi connectivity index (χ1n) is 7.01. The minimum atomic E-state index is -4.12. The predicted octanol–water partition coefficient (Wildman–Crippen LogP) is -3.26. The van der Waals surface area contributed by atoms with Crippen molar-refractivity contribution in [2.45, 2.75) is 9.79 Å². The van der Waals surface area contributed by atoms with E-state index in [0.717, 1.165) is 21.5 Å². The number of primary sulfonamides is 1. The molecule has 2 N–H and O–H groups in total. The van der Waals surface area contributed by atoms with E-state index in [-0.39, 0.29) is 0 Å². The number of halogens is 1. The van der Waals surface area contributed by atoms with Crippen molar-refractivity contribution >= 4 is 29.8 Å². The topological polar surface area (TPSA) is 182 Å². The van der Waals surface area contributed by atoms with Gasteiger partial charge >= 0.3 is 11.4 Å². The van der Waals surface area contributed by atoms with Crippen molar-refractivity contribution in [1.82, 2.24) is 18.3 Å². The highest BCUT2D eigenvalue weighted by Crippen LogP contribution is 2.07. The second-order valence-corrected chi connectivity index (χ2v) is 9.55. The molecular weight excluding hydrogens is 442 g/mol. The molecule has 0 aliphatic heterocycles. The summed E-state index contributed by atoms with van der Waals surface area (Å²) in [6.07, 6.45) is 1.80. The molecule has 2 heterocycles. The SMILES string of the molecule is Cn1cc(S(=O)(=O)Cl)c(=O)n(C)c1=O.Cn1cc(S(N)(=O)=O)c(=O)n(C)c1=O. The first-order valence-corrected chi connectivity index (χ1v) is 10.9. The van der Waals surface area contributed by atoms with Gasteiger partial charge in [-0.15, -0.1) is 0 Å². The Morgan fingerprint density at radius 3 is 1.39 bits per heavy atom. The van der Waals surface area contributed by atoms with Crippen LogP contribution in [-0.4, -0.2) is 35.1 Å². The standard InChI is InChI=1S/C6H7ClN2O4S.C6H9N3O4S/c2*1-8-3-4(14(7,12)13)5(10)9(2)6(8)11/h3H,1-2H3;3H,1-2H3,(H2,7,12,13). The minimum absolute atomic E-state index is 0.595. The van der Waals surface area contributed by atoms with Crippen LogP contribution in [0.4, 0.5) is 0 Å². The van der Waals surface area contributed by atoms with Crippen molar-refractivity contribution in [2.75, 3.05) is 0 Å². The van der Waals surface area contributed by atoms with Crippen LogP contribution in [0.25, 0.3) is 0 Å². The highest BCUT2D eigenvalue weighted by atomic mass is 35.7. The van der Waals surface area contributed by atoms with Crippen LogP contribution in [0.5, 0.6) is 0 Å². The van der Waals surface area contributed by atoms with E-state index in [0.29, 0.717) is 9.13 Å². The number of rotatable bonds is 2. The molecule has 0 radical (unpaired) electrons. The van der Waals surface area contributed by atoms with Gasteiger partial charge in [0.1, 0.15) is 0 Å². The van der Waals surface area contributed by atoms with Crippen LogP contribution in [-0.2, 0) is 47.3 Å². The molecule has 0 aromatic carbocycles. The second-order valence-electron chi connectivity index (χ2n) is 5.48. The van der Waals surface area contributed by atoms with Crippen molar-refractivity contribution in [3.63, 3.8) is 0 Å². The van der Waals surface area contributed by atoms with E-state index in [9.17, 15) is 36.0 Å². The van der Waals surface area contributed by atoms with Gasteiger partial charge < -0.3 is 9.13 Å². The lowest BCUT2D eigenvalue weighted by atomic mass is 10.6. The van der Waals surface area contributed by atoms with Gasteiger partial charge in [-0.25, -0.2) is 31.6 Å². The van der Waals surface area contributed by atoms with Gasteiger partial charge in [-0.1, -0.05) is 0 Å². The summed E-state index contributed by atoms with van der Waals surface area (Å²) < 4.78 is 46.9. The van der Waals surface area contributed by atoms with Crippen molar-refractivity contribution in [3.05, 3.63) is 54.1 Å². The fourth-order valence-corrected chi connectivity index (χ4v) is 3.54. The Balaban J connectivity index is 0.000000280. The third kappa shape index (κ3) is 4.86. The molecule has 0 amide bonds. The molecule has 0 atom stereocenters. The monoisotopic (exact) mass is 457 g/mol. The van der Waals surface area contributed by atoms with Crippen molar-refractivity contribution < 1.29 is 16.8 Å². The summed E-state index contributed by atoms with van der Waals surface area (Å²) in [7, 11) is 1.81. The summed E-state index contributed by atoms with van der Waals surface area (Å²) in [5, 5.41) is 4.79. The Hall–Kier alpha value is -2.49. The van der Waals surface area contributed by atoms with Gasteiger partial charge in [0.25, 0.3) is 20.2 Å². The lowest BCUT2D eigenvalue weighted by Gasteiger charge is -2.03. The number of nitrogens with zero attached hydrogens (tertiary/aromatic N) is 4. The zero-order valence-electron chi connectivity index (χ0n) is 15.0. The molecule has 0 saturated carbocycles. The molecule has 0 fully saturated rings. The maximum Gasteiger partial charge on any atom is 0.330 e. The number of hydrogen-bond acceptors (Lipinski definition) is 8. The van der Waals surface area contributed by atoms with Crippen LogP contribution in [0.1, 0.15) is 0 Å². The van der Waals surface area contributed by atoms with E-state index >= 15 is 0 Å². The zero-order chi connectivity index (χ0) is 22.2. The Kier molecular flexibility index (Phi) is 6.61. The number of aryl methyl sites for hydroxylation is 2. The third-order valence-electron chi connectivity index (χ3n) is 3.40. The fraction of sp³-hybridized carbons (Fsp3) is 0.333. The van der Waals surface area contributed by atoms with E-state index < -0.39 is 51.4 Å². The molecule has 28 heavy (non-hydrogen) atoms. The van der Waals surface area contributed by atoms with Gasteiger partial charge in [-0.2, -0.15) is 0 Å². The van der Waals surface area contributed by atoms with E-state index in [2.05, 4.69) is 0 Å². The van der Waals surface area contributed by atoms with E-state index in [4.69, 9.17) is 15.8 Å². The summed E-state index contributed by atoms with van der Waals surface area (Å²) in [4.78, 5) is 43.7. The van der Waals surface area contributed by atoms with Crippen LogP contribution >= 0.6 is 10.7 Å². The molecule has 16 heteroatoms. The lowest BCUT2D eigenvalue weighted by molar-refractivity contribution is 0.585. The number of sulfonamides is 1. The molecule has 0 unspecified atom stereocenters. The van der Waals surface area contributed by atoms with Gasteiger partial charge in [0.05, 0.1) is 0 Å². The van der Waals surface area contributed by atoms with E-state index in [1.807, 2.05) is 0 Å². The summed E-state index contributed by atoms with van der Waals surface area (Å²) in [6.45, 7) is 0. The summed E-state index contributed by atoms with van der Waals surface area (Å²) in [5.74, 6) is 0. The van der Waals surface area contributed by atoms with Crippen LogP contribution in [0.15, 0.2) is 41.4 Å². The molecular formula is C12H16ClN5O8S2. The normalized spacial score (nSPS) is 11.6. The van der Waals surface area contributed by atoms with Crippen molar-refractivity contribution in [1.29, 1.82) is 0 Å². The predicted molar refractivity (Wildman–Crippen MR) is 98.3 cm³/mol.